The van der Waals surface area contributed by atoms with Gasteiger partial charge in [-0.15, -0.1) is 0 Å². The lowest BCUT2D eigenvalue weighted by Gasteiger charge is -2.14. The molecule has 0 aliphatic heterocycles. The lowest BCUT2D eigenvalue weighted by Crippen LogP contribution is -2.30. The summed E-state index contributed by atoms with van der Waals surface area (Å²) in [6.45, 7) is -0.404. The second-order valence-corrected chi connectivity index (χ2v) is 8.05. The summed E-state index contributed by atoms with van der Waals surface area (Å²) < 4.78 is 28.8. The van der Waals surface area contributed by atoms with Gasteiger partial charge in [-0.05, 0) is 30.3 Å². The van der Waals surface area contributed by atoms with E-state index in [0.717, 1.165) is 0 Å². The van der Waals surface area contributed by atoms with Crippen molar-refractivity contribution in [2.45, 2.75) is 16.3 Å². The predicted molar refractivity (Wildman–Crippen MR) is 102 cm³/mol. The number of aliphatic hydroxyl groups excluding tert-OH is 1. The van der Waals surface area contributed by atoms with E-state index >= 15 is 0 Å². The molecule has 0 saturated heterocycles. The van der Waals surface area contributed by atoms with Crippen LogP contribution in [0.2, 0.25) is 0 Å². The highest BCUT2D eigenvalue weighted by Crippen LogP contribution is 2.20. The average molecular weight is 396 g/mol. The number of pyridine rings is 2. The summed E-state index contributed by atoms with van der Waals surface area (Å²) in [6, 6.07) is 14.0. The number of sulfone groups is 1. The Hall–Kier alpha value is -3.30. The van der Waals surface area contributed by atoms with Crippen LogP contribution in [0.1, 0.15) is 0 Å². The highest BCUT2D eigenvalue weighted by Gasteiger charge is 2.23. The van der Waals surface area contributed by atoms with E-state index in [-0.39, 0.29) is 39.5 Å². The highest BCUT2D eigenvalue weighted by atomic mass is 32.2. The molecular weight excluding hydrogens is 380 g/mol. The molecule has 0 unspecified atom stereocenters. The molecule has 1 aromatic carbocycles. The van der Waals surface area contributed by atoms with Crippen LogP contribution in [-0.2, 0) is 16.4 Å². The fourth-order valence-electron chi connectivity index (χ4n) is 3.11. The molecule has 4 aromatic rings. The third kappa shape index (κ3) is 2.72. The van der Waals surface area contributed by atoms with E-state index in [1.54, 1.807) is 42.6 Å². The molecule has 0 aliphatic carbocycles. The van der Waals surface area contributed by atoms with E-state index in [1.165, 1.54) is 27.2 Å². The van der Waals surface area contributed by atoms with Crippen LogP contribution >= 0.6 is 0 Å². The number of nitrogens with zero attached hydrogens (tertiary/aromatic N) is 3. The Bertz CT molecular complexity index is 1420. The monoisotopic (exact) mass is 396 g/mol. The quantitative estimate of drug-likeness (QED) is 0.498. The molecule has 0 atom stereocenters. The van der Waals surface area contributed by atoms with Crippen LogP contribution < -0.4 is 11.0 Å². The number of benzene rings is 1. The van der Waals surface area contributed by atoms with Crippen molar-refractivity contribution < 1.29 is 13.5 Å². The number of aliphatic hydroxyl groups is 1. The number of hydrogen-bond donors (Lipinski definition) is 2. The third-order valence-corrected chi connectivity index (χ3v) is 6.23. The van der Waals surface area contributed by atoms with Crippen LogP contribution in [0.4, 0.5) is 0 Å². The first-order valence-electron chi connectivity index (χ1n) is 8.45. The van der Waals surface area contributed by atoms with Gasteiger partial charge in [-0.1, -0.05) is 24.3 Å². The number of nitrogens with one attached hydrogen (secondary N) is 1. The maximum Gasteiger partial charge on any atom is 0.267 e. The molecule has 28 heavy (non-hydrogen) atoms. The first-order chi connectivity index (χ1) is 13.4. The van der Waals surface area contributed by atoms with E-state index in [1.807, 2.05) is 0 Å². The van der Waals surface area contributed by atoms with E-state index in [9.17, 15) is 18.3 Å². The first kappa shape index (κ1) is 18.1. The van der Waals surface area contributed by atoms with Crippen molar-refractivity contribution in [2.75, 3.05) is 6.61 Å². The van der Waals surface area contributed by atoms with Gasteiger partial charge >= 0.3 is 0 Å². The molecule has 0 saturated carbocycles. The third-order valence-electron chi connectivity index (χ3n) is 4.45. The summed E-state index contributed by atoms with van der Waals surface area (Å²) in [5.41, 5.74) is -0.263. The molecule has 3 aromatic heterocycles. The van der Waals surface area contributed by atoms with Gasteiger partial charge in [-0.3, -0.25) is 14.6 Å². The largest absolute Gasteiger partial charge is 0.395 e. The lowest BCUT2D eigenvalue weighted by atomic mass is 10.3. The molecule has 142 valence electrons. The zero-order valence-electron chi connectivity index (χ0n) is 14.6. The summed E-state index contributed by atoms with van der Waals surface area (Å²) >= 11 is 0. The predicted octanol–water partition coefficient (Wildman–Crippen LogP) is 0.954. The Balaban J connectivity index is 2.16. The van der Waals surface area contributed by atoms with Gasteiger partial charge in [0.05, 0.1) is 16.9 Å². The molecule has 8 nitrogen and oxygen atoms in total. The van der Waals surface area contributed by atoms with Crippen molar-refractivity contribution in [1.29, 1.82) is 5.41 Å². The standard InChI is InChI=1S/C19H16N4O4S/c20-17-15(28(26,27)13-6-2-1-3-7-13)12-14-18(23(17)10-11-24)21-16-8-4-5-9-22(16)19(14)25/h1-9,12,20,24H,10-11H2. The summed E-state index contributed by atoms with van der Waals surface area (Å²) in [7, 11) is -4.04. The summed E-state index contributed by atoms with van der Waals surface area (Å²) in [4.78, 5) is 17.1. The van der Waals surface area contributed by atoms with Gasteiger partial charge in [-0.25, -0.2) is 13.4 Å². The van der Waals surface area contributed by atoms with Crippen LogP contribution in [0.15, 0.2) is 75.4 Å². The maximum absolute atomic E-state index is 13.1. The molecule has 0 aliphatic rings. The molecule has 0 spiro atoms. The van der Waals surface area contributed by atoms with Crippen molar-refractivity contribution in [1.82, 2.24) is 14.0 Å². The molecule has 9 heteroatoms. The molecule has 0 bridgehead atoms. The second-order valence-electron chi connectivity index (χ2n) is 6.13. The number of rotatable bonds is 4. The molecule has 0 fully saturated rings. The second kappa shape index (κ2) is 6.70. The first-order valence-corrected chi connectivity index (χ1v) is 9.94. The summed E-state index contributed by atoms with van der Waals surface area (Å²) in [6.07, 6.45) is 1.54. The Labute approximate surface area is 159 Å². The van der Waals surface area contributed by atoms with Crippen molar-refractivity contribution in [2.24, 2.45) is 0 Å². The minimum atomic E-state index is -4.04. The van der Waals surface area contributed by atoms with Crippen molar-refractivity contribution in [3.05, 3.63) is 76.6 Å². The van der Waals surface area contributed by atoms with Crippen LogP contribution in [0.25, 0.3) is 16.7 Å². The zero-order chi connectivity index (χ0) is 19.9. The minimum absolute atomic E-state index is 0.0206. The van der Waals surface area contributed by atoms with E-state index in [0.29, 0.717) is 5.65 Å². The van der Waals surface area contributed by atoms with Gasteiger partial charge in [-0.2, -0.15) is 0 Å². The molecular formula is C19H16N4O4S. The summed E-state index contributed by atoms with van der Waals surface area (Å²) in [5.74, 6) is 0. The van der Waals surface area contributed by atoms with Gasteiger partial charge < -0.3 is 9.67 Å². The number of hydrogen-bond acceptors (Lipinski definition) is 6. The zero-order valence-corrected chi connectivity index (χ0v) is 15.4. The van der Waals surface area contributed by atoms with Crippen LogP contribution in [-0.4, -0.2) is 34.1 Å². The summed E-state index contributed by atoms with van der Waals surface area (Å²) in [5, 5.41) is 17.9. The molecule has 0 radical (unpaired) electrons. The lowest BCUT2D eigenvalue weighted by molar-refractivity contribution is 0.274. The molecule has 4 rings (SSSR count). The molecule has 2 N–H and O–H groups in total. The number of fused-ring (bicyclic) bond motifs is 2. The van der Waals surface area contributed by atoms with E-state index in [2.05, 4.69) is 4.98 Å². The van der Waals surface area contributed by atoms with Crippen molar-refractivity contribution in [3.8, 4) is 0 Å². The normalized spacial score (nSPS) is 11.9. The fourth-order valence-corrected chi connectivity index (χ4v) is 4.52. The Kier molecular flexibility index (Phi) is 4.33. The van der Waals surface area contributed by atoms with E-state index in [4.69, 9.17) is 5.41 Å². The Morgan fingerprint density at radius 2 is 1.79 bits per heavy atom. The Morgan fingerprint density at radius 3 is 2.50 bits per heavy atom. The van der Waals surface area contributed by atoms with Gasteiger partial charge in [0.15, 0.2) is 0 Å². The van der Waals surface area contributed by atoms with E-state index < -0.39 is 15.4 Å². The smallest absolute Gasteiger partial charge is 0.267 e. The maximum atomic E-state index is 13.1. The fraction of sp³-hybridized carbons (Fsp3) is 0.105. The van der Waals surface area contributed by atoms with Crippen LogP contribution in [0.5, 0.6) is 0 Å². The SMILES string of the molecule is N=c1c(S(=O)(=O)c2ccccc2)cc2c(=O)n3ccccc3nc2n1CCO. The molecule has 3 heterocycles. The van der Waals surface area contributed by atoms with Gasteiger partial charge in [0.1, 0.15) is 21.7 Å². The minimum Gasteiger partial charge on any atom is -0.395 e. The van der Waals surface area contributed by atoms with Gasteiger partial charge in [0.2, 0.25) is 9.84 Å². The van der Waals surface area contributed by atoms with Gasteiger partial charge in [0.25, 0.3) is 5.56 Å². The topological polar surface area (TPSA) is 118 Å². The van der Waals surface area contributed by atoms with Crippen molar-refractivity contribution >= 4 is 26.5 Å². The highest BCUT2D eigenvalue weighted by molar-refractivity contribution is 7.91. The van der Waals surface area contributed by atoms with Crippen molar-refractivity contribution in [3.63, 3.8) is 0 Å². The molecule has 0 amide bonds. The van der Waals surface area contributed by atoms with Crippen LogP contribution in [0.3, 0.4) is 0 Å². The average Bonchev–Trinajstić information content (AvgIpc) is 2.71. The van der Waals surface area contributed by atoms with Gasteiger partial charge in [0, 0.05) is 12.7 Å². The number of aromatic nitrogens is 3. The Morgan fingerprint density at radius 1 is 1.07 bits per heavy atom. The van der Waals surface area contributed by atoms with Crippen LogP contribution in [0, 0.1) is 5.41 Å².